The highest BCUT2D eigenvalue weighted by atomic mass is 32.2. The second-order valence-electron chi connectivity index (χ2n) is 5.31. The van der Waals surface area contributed by atoms with Gasteiger partial charge in [0.05, 0.1) is 31.2 Å². The van der Waals surface area contributed by atoms with Crippen LogP contribution in [-0.4, -0.2) is 61.6 Å². The van der Waals surface area contributed by atoms with Crippen LogP contribution in [0.2, 0.25) is 0 Å². The summed E-state index contributed by atoms with van der Waals surface area (Å²) in [6.07, 6.45) is -0.612. The lowest BCUT2D eigenvalue weighted by molar-refractivity contribution is -0.182. The van der Waals surface area contributed by atoms with Gasteiger partial charge in [-0.1, -0.05) is 18.2 Å². The van der Waals surface area contributed by atoms with Gasteiger partial charge in [-0.05, 0) is 6.07 Å². The van der Waals surface area contributed by atoms with E-state index in [0.717, 1.165) is 10.6 Å². The summed E-state index contributed by atoms with van der Waals surface area (Å²) in [6.45, 7) is -0.0813. The second-order valence-corrected chi connectivity index (χ2v) is 7.62. The van der Waals surface area contributed by atoms with Gasteiger partial charge in [-0.2, -0.15) is 0 Å². The van der Waals surface area contributed by atoms with Crippen molar-refractivity contribution >= 4 is 21.8 Å². The molecule has 23 heavy (non-hydrogen) atoms. The highest BCUT2D eigenvalue weighted by Crippen LogP contribution is 2.25. The fourth-order valence-electron chi connectivity index (χ4n) is 2.39. The van der Waals surface area contributed by atoms with Crippen molar-refractivity contribution in [1.29, 1.82) is 0 Å². The van der Waals surface area contributed by atoms with Crippen molar-refractivity contribution in [2.24, 2.45) is 0 Å². The maximum absolute atomic E-state index is 12.2. The molecular weight excluding hydrogens is 324 g/mol. The summed E-state index contributed by atoms with van der Waals surface area (Å²) in [5, 5.41) is 1.01. The van der Waals surface area contributed by atoms with Crippen LogP contribution in [0.15, 0.2) is 24.3 Å². The minimum atomic E-state index is -3.19. The minimum absolute atomic E-state index is 0.0410. The zero-order valence-electron chi connectivity index (χ0n) is 12.3. The number of hydrogen-bond donors (Lipinski definition) is 0. The van der Waals surface area contributed by atoms with E-state index in [1.165, 1.54) is 4.90 Å². The van der Waals surface area contributed by atoms with E-state index in [0.29, 0.717) is 5.75 Å². The van der Waals surface area contributed by atoms with Gasteiger partial charge in [-0.3, -0.25) is 14.5 Å². The first-order valence-electron chi connectivity index (χ1n) is 7.13. The fourth-order valence-corrected chi connectivity index (χ4v) is 3.36. The van der Waals surface area contributed by atoms with Crippen molar-refractivity contribution < 1.29 is 27.6 Å². The van der Waals surface area contributed by atoms with Gasteiger partial charge in [0.15, 0.2) is 9.84 Å². The summed E-state index contributed by atoms with van der Waals surface area (Å²) < 4.78 is 28.2. The van der Waals surface area contributed by atoms with E-state index in [2.05, 4.69) is 0 Å². The number of carbonyl (C=O) groups is 2. The van der Waals surface area contributed by atoms with Gasteiger partial charge in [-0.25, -0.2) is 18.3 Å². The molecule has 0 radical (unpaired) electrons. The number of hydrogen-bond acceptors (Lipinski definition) is 6. The molecule has 2 amide bonds. The van der Waals surface area contributed by atoms with Crippen LogP contribution in [0.4, 0.5) is 4.79 Å². The van der Waals surface area contributed by atoms with Gasteiger partial charge in [0.1, 0.15) is 12.3 Å². The molecule has 1 saturated heterocycles. The number of para-hydroxylation sites is 1. The number of carbonyl (C=O) groups excluding carboxylic acids is 2. The number of nitrogens with zero attached hydrogens (tertiary/aromatic N) is 2. The van der Waals surface area contributed by atoms with E-state index < -0.39 is 21.8 Å². The molecule has 1 fully saturated rings. The molecular formula is C14H16N2O6S. The van der Waals surface area contributed by atoms with Crippen LogP contribution in [-0.2, 0) is 26.0 Å². The lowest BCUT2D eigenvalue weighted by Crippen LogP contribution is -2.45. The van der Waals surface area contributed by atoms with E-state index in [9.17, 15) is 18.0 Å². The first kappa shape index (κ1) is 15.8. The first-order valence-corrected chi connectivity index (χ1v) is 8.95. The third kappa shape index (κ3) is 3.62. The zero-order chi connectivity index (χ0) is 16.4. The van der Waals surface area contributed by atoms with Crippen LogP contribution in [0.25, 0.3) is 0 Å². The average molecular weight is 340 g/mol. The van der Waals surface area contributed by atoms with E-state index in [1.54, 1.807) is 12.1 Å². The molecule has 2 aliphatic rings. The number of sulfone groups is 1. The van der Waals surface area contributed by atoms with Crippen molar-refractivity contribution in [3.05, 3.63) is 29.8 Å². The van der Waals surface area contributed by atoms with Crippen LogP contribution in [0, 0.1) is 0 Å². The third-order valence-electron chi connectivity index (χ3n) is 3.64. The molecule has 0 unspecified atom stereocenters. The zero-order valence-corrected chi connectivity index (χ0v) is 13.1. The van der Waals surface area contributed by atoms with Crippen LogP contribution < -0.4 is 4.74 Å². The van der Waals surface area contributed by atoms with Crippen LogP contribution >= 0.6 is 0 Å². The Hall–Kier alpha value is -2.13. The monoisotopic (exact) mass is 340 g/mol. The van der Waals surface area contributed by atoms with E-state index >= 15 is 0 Å². The Bertz CT molecular complexity index is 733. The standard InChI is InChI=1S/C14H16N2O6S/c17-13(16-5-7-23(19,20)8-6-21-16)10-15-9-11-3-1-2-4-12(11)22-14(15)18/h1-4H,5-10H2. The molecule has 0 spiro atoms. The highest BCUT2D eigenvalue weighted by Gasteiger charge is 2.30. The van der Waals surface area contributed by atoms with Gasteiger partial charge in [0, 0.05) is 5.56 Å². The number of benzene rings is 1. The van der Waals surface area contributed by atoms with Crippen LogP contribution in [0.1, 0.15) is 5.56 Å². The minimum Gasteiger partial charge on any atom is -0.410 e. The SMILES string of the molecule is O=C1Oc2ccccc2CN1CC(=O)N1CCS(=O)(=O)CCO1. The van der Waals surface area contributed by atoms with E-state index in [-0.39, 0.29) is 37.7 Å². The van der Waals surface area contributed by atoms with Gasteiger partial charge < -0.3 is 4.74 Å². The summed E-state index contributed by atoms with van der Waals surface area (Å²) in [4.78, 5) is 30.6. The molecule has 3 rings (SSSR count). The molecule has 9 heteroatoms. The fraction of sp³-hybridized carbons (Fsp3) is 0.429. The van der Waals surface area contributed by atoms with Crippen LogP contribution in [0.5, 0.6) is 5.75 Å². The molecule has 0 aromatic heterocycles. The Kier molecular flexibility index (Phi) is 4.22. The Morgan fingerprint density at radius 2 is 2.00 bits per heavy atom. The van der Waals surface area contributed by atoms with Gasteiger partial charge in [0.2, 0.25) is 0 Å². The maximum Gasteiger partial charge on any atom is 0.416 e. The smallest absolute Gasteiger partial charge is 0.410 e. The molecule has 0 N–H and O–H groups in total. The largest absolute Gasteiger partial charge is 0.416 e. The highest BCUT2D eigenvalue weighted by molar-refractivity contribution is 7.91. The Morgan fingerprint density at radius 1 is 1.22 bits per heavy atom. The predicted octanol–water partition coefficient (Wildman–Crippen LogP) is 0.190. The van der Waals surface area contributed by atoms with Crippen molar-refractivity contribution in [3.63, 3.8) is 0 Å². The summed E-state index contributed by atoms with van der Waals surface area (Å²) in [6, 6.07) is 7.09. The second kappa shape index (κ2) is 6.17. The number of hydroxylamine groups is 2. The summed E-state index contributed by atoms with van der Waals surface area (Å²) in [5.74, 6) is -0.251. The third-order valence-corrected chi connectivity index (χ3v) is 5.23. The maximum atomic E-state index is 12.2. The van der Waals surface area contributed by atoms with E-state index in [1.807, 2.05) is 12.1 Å². The van der Waals surface area contributed by atoms with Crippen molar-refractivity contribution in [2.45, 2.75) is 6.54 Å². The number of fused-ring (bicyclic) bond motifs is 1. The molecule has 124 valence electrons. The number of amides is 2. The molecule has 1 aromatic carbocycles. The van der Waals surface area contributed by atoms with Gasteiger partial charge in [0.25, 0.3) is 5.91 Å². The van der Waals surface area contributed by atoms with Gasteiger partial charge in [-0.15, -0.1) is 0 Å². The quantitative estimate of drug-likeness (QED) is 0.763. The predicted molar refractivity (Wildman–Crippen MR) is 79.2 cm³/mol. The van der Waals surface area contributed by atoms with E-state index in [4.69, 9.17) is 9.57 Å². The molecule has 0 aliphatic carbocycles. The normalized spacial score (nSPS) is 20.4. The Morgan fingerprint density at radius 3 is 2.83 bits per heavy atom. The molecule has 2 heterocycles. The topological polar surface area (TPSA) is 93.2 Å². The summed E-state index contributed by atoms with van der Waals surface area (Å²) in [7, 11) is -3.19. The summed E-state index contributed by atoms with van der Waals surface area (Å²) in [5.41, 5.74) is 0.805. The molecule has 1 aromatic rings. The number of ether oxygens (including phenoxy) is 1. The molecule has 8 nitrogen and oxygen atoms in total. The molecule has 2 aliphatic heterocycles. The average Bonchev–Trinajstić information content (AvgIpc) is 2.69. The number of rotatable bonds is 2. The van der Waals surface area contributed by atoms with Crippen molar-refractivity contribution in [1.82, 2.24) is 9.96 Å². The Labute approximate surface area is 133 Å². The van der Waals surface area contributed by atoms with Crippen molar-refractivity contribution in [3.8, 4) is 5.75 Å². The van der Waals surface area contributed by atoms with Crippen molar-refractivity contribution in [2.75, 3.05) is 31.2 Å². The lowest BCUT2D eigenvalue weighted by atomic mass is 10.1. The molecule has 0 atom stereocenters. The summed E-state index contributed by atoms with van der Waals surface area (Å²) >= 11 is 0. The molecule has 0 bridgehead atoms. The molecule has 0 saturated carbocycles. The van der Waals surface area contributed by atoms with Crippen LogP contribution in [0.3, 0.4) is 0 Å². The Balaban J connectivity index is 1.65. The lowest BCUT2D eigenvalue weighted by Gasteiger charge is -2.29. The van der Waals surface area contributed by atoms with Gasteiger partial charge >= 0.3 is 6.09 Å². The first-order chi connectivity index (χ1) is 10.9.